The largest absolute Gasteiger partial charge is 0.493 e. The Hall–Kier alpha value is -3.19. The topological polar surface area (TPSA) is 71.5 Å². The van der Waals surface area contributed by atoms with Crippen molar-refractivity contribution in [3.8, 4) is 5.75 Å². The predicted molar refractivity (Wildman–Crippen MR) is 126 cm³/mol. The number of aryl methyl sites for hydroxylation is 2. The molecule has 3 aromatic rings. The van der Waals surface area contributed by atoms with Gasteiger partial charge in [-0.15, -0.1) is 0 Å². The molecule has 0 unspecified atom stereocenters. The van der Waals surface area contributed by atoms with Crippen molar-refractivity contribution in [2.75, 3.05) is 18.5 Å². The Labute approximate surface area is 192 Å². The quantitative estimate of drug-likeness (QED) is 0.528. The number of carbonyl (C=O) groups is 2. The number of nitrogens with zero attached hydrogens (tertiary/aromatic N) is 2. The van der Waals surface area contributed by atoms with E-state index in [1.165, 1.54) is 11.3 Å². The standard InChI is InChI=1S/C25H27N3O3S/c1-17-8-6-9-18(2)23(17)31-15-7-12-22(29)27-25-26-20-13-14-28(16-21(20)32-25)24(30)19-10-4-3-5-11-19/h3-6,8-11H,7,12-16H2,1-2H3,(H,26,27,29). The maximum Gasteiger partial charge on any atom is 0.254 e. The first kappa shape index (κ1) is 22.0. The number of hydrogen-bond donors (Lipinski definition) is 1. The molecule has 2 heterocycles. The van der Waals surface area contributed by atoms with Crippen molar-refractivity contribution in [1.82, 2.24) is 9.88 Å². The third-order valence-electron chi connectivity index (χ3n) is 5.49. The van der Waals surface area contributed by atoms with Gasteiger partial charge in [0, 0.05) is 29.8 Å². The molecule has 0 radical (unpaired) electrons. The second-order valence-electron chi connectivity index (χ2n) is 7.95. The van der Waals surface area contributed by atoms with Crippen molar-refractivity contribution in [1.29, 1.82) is 0 Å². The first-order valence-corrected chi connectivity index (χ1v) is 11.6. The van der Waals surface area contributed by atoms with Gasteiger partial charge in [0.1, 0.15) is 5.75 Å². The lowest BCUT2D eigenvalue weighted by atomic mass is 10.1. The molecule has 32 heavy (non-hydrogen) atoms. The average Bonchev–Trinajstić information content (AvgIpc) is 3.19. The number of ether oxygens (including phenoxy) is 1. The molecule has 2 amide bonds. The summed E-state index contributed by atoms with van der Waals surface area (Å²) in [5, 5.41) is 3.51. The van der Waals surface area contributed by atoms with Crippen LogP contribution in [-0.2, 0) is 17.8 Å². The van der Waals surface area contributed by atoms with E-state index in [0.717, 1.165) is 27.4 Å². The van der Waals surface area contributed by atoms with Crippen LogP contribution in [0.1, 0.15) is 44.9 Å². The Morgan fingerprint density at radius 2 is 1.84 bits per heavy atom. The summed E-state index contributed by atoms with van der Waals surface area (Å²) in [5.74, 6) is 0.854. The molecule has 0 atom stereocenters. The van der Waals surface area contributed by atoms with Gasteiger partial charge in [-0.2, -0.15) is 0 Å². The number of nitrogens with one attached hydrogen (secondary N) is 1. The fraction of sp³-hybridized carbons (Fsp3) is 0.320. The Balaban J connectivity index is 1.27. The Morgan fingerprint density at radius 1 is 1.09 bits per heavy atom. The summed E-state index contributed by atoms with van der Waals surface area (Å²) in [7, 11) is 0. The molecule has 4 rings (SSSR count). The zero-order chi connectivity index (χ0) is 22.5. The highest BCUT2D eigenvalue weighted by molar-refractivity contribution is 7.15. The molecule has 0 bridgehead atoms. The number of amides is 2. The van der Waals surface area contributed by atoms with Crippen LogP contribution in [0.4, 0.5) is 5.13 Å². The zero-order valence-electron chi connectivity index (χ0n) is 18.4. The van der Waals surface area contributed by atoms with E-state index in [9.17, 15) is 9.59 Å². The molecule has 166 valence electrons. The van der Waals surface area contributed by atoms with E-state index < -0.39 is 0 Å². The number of fused-ring (bicyclic) bond motifs is 1. The Kier molecular flexibility index (Phi) is 6.85. The summed E-state index contributed by atoms with van der Waals surface area (Å²) in [5.41, 5.74) is 3.86. The van der Waals surface area contributed by atoms with Crippen molar-refractivity contribution in [2.24, 2.45) is 0 Å². The molecule has 7 heteroatoms. The maximum atomic E-state index is 12.7. The SMILES string of the molecule is Cc1cccc(C)c1OCCCC(=O)Nc1nc2c(s1)CN(C(=O)c1ccccc1)CC2. The molecule has 0 fully saturated rings. The number of carbonyl (C=O) groups excluding carboxylic acids is 2. The molecule has 1 N–H and O–H groups in total. The van der Waals surface area contributed by atoms with E-state index in [2.05, 4.69) is 10.3 Å². The summed E-state index contributed by atoms with van der Waals surface area (Å²) < 4.78 is 5.87. The highest BCUT2D eigenvalue weighted by atomic mass is 32.1. The number of para-hydroxylation sites is 1. The molecule has 1 aromatic heterocycles. The summed E-state index contributed by atoms with van der Waals surface area (Å²) >= 11 is 1.45. The minimum atomic E-state index is -0.0709. The van der Waals surface area contributed by atoms with E-state index >= 15 is 0 Å². The molecule has 2 aromatic carbocycles. The van der Waals surface area contributed by atoms with Crippen LogP contribution in [0.15, 0.2) is 48.5 Å². The molecule has 0 spiro atoms. The molecule has 1 aliphatic rings. The van der Waals surface area contributed by atoms with E-state index in [1.54, 1.807) is 0 Å². The van der Waals surface area contributed by atoms with Crippen LogP contribution in [0.5, 0.6) is 5.75 Å². The summed E-state index contributed by atoms with van der Waals surface area (Å²) in [6, 6.07) is 15.4. The van der Waals surface area contributed by atoms with Gasteiger partial charge in [0.25, 0.3) is 5.91 Å². The molecular formula is C25H27N3O3S. The van der Waals surface area contributed by atoms with Gasteiger partial charge < -0.3 is 15.0 Å². The van der Waals surface area contributed by atoms with Gasteiger partial charge in [-0.1, -0.05) is 47.7 Å². The first-order chi connectivity index (χ1) is 15.5. The second-order valence-corrected chi connectivity index (χ2v) is 9.04. The number of thiazole rings is 1. The summed E-state index contributed by atoms with van der Waals surface area (Å²) in [4.78, 5) is 32.5. The lowest BCUT2D eigenvalue weighted by molar-refractivity contribution is -0.116. The van der Waals surface area contributed by atoms with E-state index in [-0.39, 0.29) is 11.8 Å². The number of rotatable bonds is 7. The third kappa shape index (κ3) is 5.16. The minimum absolute atomic E-state index is 0.0270. The van der Waals surface area contributed by atoms with Crippen LogP contribution >= 0.6 is 11.3 Å². The lowest BCUT2D eigenvalue weighted by Gasteiger charge is -2.26. The molecule has 0 aliphatic carbocycles. The number of benzene rings is 2. The van der Waals surface area contributed by atoms with E-state index in [1.807, 2.05) is 67.3 Å². The maximum absolute atomic E-state index is 12.7. The Morgan fingerprint density at radius 3 is 2.59 bits per heavy atom. The average molecular weight is 450 g/mol. The third-order valence-corrected chi connectivity index (χ3v) is 6.49. The van der Waals surface area contributed by atoms with Crippen molar-refractivity contribution in [2.45, 2.75) is 39.7 Å². The summed E-state index contributed by atoms with van der Waals surface area (Å²) in [6.45, 7) is 5.69. The van der Waals surface area contributed by atoms with Crippen LogP contribution in [0, 0.1) is 13.8 Å². The van der Waals surface area contributed by atoms with Crippen molar-refractivity contribution in [3.63, 3.8) is 0 Å². The molecule has 6 nitrogen and oxygen atoms in total. The first-order valence-electron chi connectivity index (χ1n) is 10.8. The van der Waals surface area contributed by atoms with E-state index in [4.69, 9.17) is 4.74 Å². The molecule has 0 saturated carbocycles. The van der Waals surface area contributed by atoms with Gasteiger partial charge in [-0.05, 0) is 43.5 Å². The second kappa shape index (κ2) is 9.96. The van der Waals surface area contributed by atoms with E-state index in [0.29, 0.717) is 49.7 Å². The number of hydrogen-bond acceptors (Lipinski definition) is 5. The van der Waals surface area contributed by atoms with Gasteiger partial charge in [0.15, 0.2) is 5.13 Å². The highest BCUT2D eigenvalue weighted by Crippen LogP contribution is 2.29. The van der Waals surface area contributed by atoms with Crippen molar-refractivity contribution in [3.05, 3.63) is 75.8 Å². The van der Waals surface area contributed by atoms with Gasteiger partial charge in [-0.3, -0.25) is 9.59 Å². The molecule has 0 saturated heterocycles. The number of aromatic nitrogens is 1. The van der Waals surface area contributed by atoms with Crippen molar-refractivity contribution < 1.29 is 14.3 Å². The molecular weight excluding hydrogens is 422 g/mol. The fourth-order valence-corrected chi connectivity index (χ4v) is 4.84. The van der Waals surface area contributed by atoms with Crippen LogP contribution in [0.2, 0.25) is 0 Å². The van der Waals surface area contributed by atoms with Crippen LogP contribution in [-0.4, -0.2) is 34.8 Å². The van der Waals surface area contributed by atoms with Crippen molar-refractivity contribution >= 4 is 28.3 Å². The smallest absolute Gasteiger partial charge is 0.254 e. The monoisotopic (exact) mass is 449 g/mol. The minimum Gasteiger partial charge on any atom is -0.493 e. The molecule has 1 aliphatic heterocycles. The predicted octanol–water partition coefficient (Wildman–Crippen LogP) is 4.76. The van der Waals surface area contributed by atoms with Crippen LogP contribution < -0.4 is 10.1 Å². The van der Waals surface area contributed by atoms with Gasteiger partial charge in [0.05, 0.1) is 18.8 Å². The Bertz CT molecular complexity index is 1090. The normalized spacial score (nSPS) is 12.9. The fourth-order valence-electron chi connectivity index (χ4n) is 3.80. The lowest BCUT2D eigenvalue weighted by Crippen LogP contribution is -2.35. The van der Waals surface area contributed by atoms with Gasteiger partial charge >= 0.3 is 0 Å². The highest BCUT2D eigenvalue weighted by Gasteiger charge is 2.25. The van der Waals surface area contributed by atoms with Gasteiger partial charge in [-0.25, -0.2) is 4.98 Å². The van der Waals surface area contributed by atoms with Crippen LogP contribution in [0.25, 0.3) is 0 Å². The zero-order valence-corrected chi connectivity index (χ0v) is 19.2. The number of anilines is 1. The van der Waals surface area contributed by atoms with Gasteiger partial charge in [0.2, 0.25) is 5.91 Å². The van der Waals surface area contributed by atoms with Crippen LogP contribution in [0.3, 0.4) is 0 Å². The summed E-state index contributed by atoms with van der Waals surface area (Å²) in [6.07, 6.45) is 1.70.